The molecule has 4 nitrogen and oxygen atoms in total. The molecule has 1 saturated heterocycles. The highest BCUT2D eigenvalue weighted by Crippen LogP contribution is 2.37. The predicted molar refractivity (Wildman–Crippen MR) is 80.6 cm³/mol. The van der Waals surface area contributed by atoms with E-state index >= 15 is 0 Å². The molecule has 1 aromatic carbocycles. The monoisotopic (exact) mass is 295 g/mol. The Balaban J connectivity index is 2.47. The van der Waals surface area contributed by atoms with Gasteiger partial charge in [0.25, 0.3) is 5.91 Å². The van der Waals surface area contributed by atoms with Crippen LogP contribution >= 0.6 is 11.6 Å². The number of nitrogens with one attached hydrogen (secondary N) is 1. The zero-order chi connectivity index (χ0) is 15.1. The second-order valence-electron chi connectivity index (χ2n) is 5.87. The van der Waals surface area contributed by atoms with E-state index in [0.717, 1.165) is 0 Å². The lowest BCUT2D eigenvalue weighted by Gasteiger charge is -2.32. The van der Waals surface area contributed by atoms with Crippen LogP contribution in [0.3, 0.4) is 0 Å². The smallest absolute Gasteiger partial charge is 0.399 e. The van der Waals surface area contributed by atoms with Crippen LogP contribution in [-0.4, -0.2) is 31.3 Å². The van der Waals surface area contributed by atoms with Crippen LogP contribution in [0.2, 0.25) is 5.02 Å². The number of benzene rings is 1. The quantitative estimate of drug-likeness (QED) is 0.849. The van der Waals surface area contributed by atoms with Gasteiger partial charge in [-0.05, 0) is 39.8 Å². The molecular formula is C14H19BClNO3. The van der Waals surface area contributed by atoms with Gasteiger partial charge in [0.1, 0.15) is 0 Å². The van der Waals surface area contributed by atoms with Crippen molar-refractivity contribution in [2.45, 2.75) is 38.9 Å². The Morgan fingerprint density at radius 2 is 1.75 bits per heavy atom. The van der Waals surface area contributed by atoms with Gasteiger partial charge in [-0.3, -0.25) is 4.79 Å². The molecule has 20 heavy (non-hydrogen) atoms. The number of carbonyl (C=O) groups excluding carboxylic acids is 1. The summed E-state index contributed by atoms with van der Waals surface area (Å²) < 4.78 is 12.0. The lowest BCUT2D eigenvalue weighted by atomic mass is 9.75. The van der Waals surface area contributed by atoms with Crippen molar-refractivity contribution in [1.82, 2.24) is 5.32 Å². The summed E-state index contributed by atoms with van der Waals surface area (Å²) in [4.78, 5) is 12.0. The molecule has 0 spiro atoms. The Morgan fingerprint density at radius 1 is 1.20 bits per heavy atom. The zero-order valence-electron chi connectivity index (χ0n) is 12.4. The average Bonchev–Trinajstić information content (AvgIpc) is 2.56. The minimum absolute atomic E-state index is 0.211. The van der Waals surface area contributed by atoms with E-state index in [4.69, 9.17) is 20.9 Å². The molecular weight excluding hydrogens is 276 g/mol. The number of carbonyl (C=O) groups is 1. The molecule has 1 heterocycles. The first-order valence-electron chi connectivity index (χ1n) is 6.56. The molecule has 108 valence electrons. The normalized spacial score (nSPS) is 20.0. The molecule has 1 amide bonds. The van der Waals surface area contributed by atoms with Crippen molar-refractivity contribution in [2.24, 2.45) is 0 Å². The number of amides is 1. The predicted octanol–water partition coefficient (Wildman–Crippen LogP) is 2.00. The molecule has 0 aromatic heterocycles. The van der Waals surface area contributed by atoms with E-state index in [1.54, 1.807) is 25.2 Å². The highest BCUT2D eigenvalue weighted by Gasteiger charge is 2.53. The minimum Gasteiger partial charge on any atom is -0.399 e. The minimum atomic E-state index is -0.652. The van der Waals surface area contributed by atoms with E-state index in [0.29, 0.717) is 16.0 Å². The van der Waals surface area contributed by atoms with E-state index in [1.807, 2.05) is 27.7 Å². The summed E-state index contributed by atoms with van der Waals surface area (Å²) in [5.41, 5.74) is 0.0961. The molecule has 0 aliphatic carbocycles. The van der Waals surface area contributed by atoms with Crippen molar-refractivity contribution >= 4 is 30.1 Å². The molecule has 0 unspecified atom stereocenters. The van der Waals surface area contributed by atoms with Gasteiger partial charge < -0.3 is 14.6 Å². The molecule has 1 fully saturated rings. The lowest BCUT2D eigenvalue weighted by Crippen LogP contribution is -2.41. The molecule has 6 heteroatoms. The third-order valence-electron chi connectivity index (χ3n) is 4.01. The van der Waals surface area contributed by atoms with Crippen molar-refractivity contribution in [2.75, 3.05) is 7.05 Å². The largest absolute Gasteiger partial charge is 0.497 e. The van der Waals surface area contributed by atoms with Crippen LogP contribution in [0.1, 0.15) is 38.1 Å². The van der Waals surface area contributed by atoms with Crippen molar-refractivity contribution in [3.05, 3.63) is 28.8 Å². The molecule has 1 aliphatic heterocycles. The standard InChI is InChI=1S/C14H19BClNO3/c1-13(2)14(3,4)20-15(19-13)11-9(12(18)17-5)7-6-8-10(11)16/h6-8H,1-5H3,(H,17,18). The average molecular weight is 296 g/mol. The molecule has 1 aliphatic rings. The first-order chi connectivity index (χ1) is 9.19. The summed E-state index contributed by atoms with van der Waals surface area (Å²) in [6.07, 6.45) is 0. The summed E-state index contributed by atoms with van der Waals surface area (Å²) in [7, 11) is 0.929. The maximum atomic E-state index is 12.0. The maximum Gasteiger partial charge on any atom is 0.497 e. The van der Waals surface area contributed by atoms with E-state index in [9.17, 15) is 4.79 Å². The van der Waals surface area contributed by atoms with E-state index < -0.39 is 18.3 Å². The van der Waals surface area contributed by atoms with Crippen molar-refractivity contribution in [1.29, 1.82) is 0 Å². The van der Waals surface area contributed by atoms with Gasteiger partial charge in [0.15, 0.2) is 0 Å². The number of hydrogen-bond acceptors (Lipinski definition) is 3. The van der Waals surface area contributed by atoms with Gasteiger partial charge in [-0.1, -0.05) is 17.7 Å². The Labute approximate surface area is 124 Å². The fourth-order valence-corrected chi connectivity index (χ4v) is 2.33. The SMILES string of the molecule is CNC(=O)c1cccc(Cl)c1B1OC(C)(C)C(C)(C)O1. The van der Waals surface area contributed by atoms with Crippen LogP contribution in [-0.2, 0) is 9.31 Å². The van der Waals surface area contributed by atoms with Gasteiger partial charge in [0, 0.05) is 23.1 Å². The van der Waals surface area contributed by atoms with Gasteiger partial charge in [0.05, 0.1) is 11.2 Å². The van der Waals surface area contributed by atoms with Crippen LogP contribution in [0.4, 0.5) is 0 Å². The molecule has 0 radical (unpaired) electrons. The second kappa shape index (κ2) is 5.06. The van der Waals surface area contributed by atoms with Gasteiger partial charge in [-0.2, -0.15) is 0 Å². The first kappa shape index (κ1) is 15.4. The highest BCUT2D eigenvalue weighted by molar-refractivity contribution is 6.67. The third kappa shape index (κ3) is 2.46. The first-order valence-corrected chi connectivity index (χ1v) is 6.93. The Hall–Kier alpha value is -1.04. The van der Waals surface area contributed by atoms with Crippen LogP contribution in [0, 0.1) is 0 Å². The van der Waals surface area contributed by atoms with Gasteiger partial charge in [-0.25, -0.2) is 0 Å². The van der Waals surface area contributed by atoms with Crippen molar-refractivity contribution < 1.29 is 14.1 Å². The van der Waals surface area contributed by atoms with Crippen LogP contribution in [0.25, 0.3) is 0 Å². The summed E-state index contributed by atoms with van der Waals surface area (Å²) in [5, 5.41) is 3.07. The molecule has 0 atom stereocenters. The van der Waals surface area contributed by atoms with Gasteiger partial charge in [0.2, 0.25) is 0 Å². The molecule has 0 saturated carbocycles. The molecule has 1 N–H and O–H groups in total. The topological polar surface area (TPSA) is 47.6 Å². The van der Waals surface area contributed by atoms with Gasteiger partial charge >= 0.3 is 7.12 Å². The Morgan fingerprint density at radius 3 is 2.25 bits per heavy atom. The van der Waals surface area contributed by atoms with E-state index in [2.05, 4.69) is 5.32 Å². The molecule has 0 bridgehead atoms. The molecule has 1 aromatic rings. The highest BCUT2D eigenvalue weighted by atomic mass is 35.5. The zero-order valence-corrected chi connectivity index (χ0v) is 13.2. The van der Waals surface area contributed by atoms with Gasteiger partial charge in [-0.15, -0.1) is 0 Å². The van der Waals surface area contributed by atoms with Crippen molar-refractivity contribution in [3.63, 3.8) is 0 Å². The number of halogens is 1. The van der Waals surface area contributed by atoms with Crippen LogP contribution in [0.15, 0.2) is 18.2 Å². The third-order valence-corrected chi connectivity index (χ3v) is 4.34. The summed E-state index contributed by atoms with van der Waals surface area (Å²) in [5.74, 6) is -0.211. The van der Waals surface area contributed by atoms with E-state index in [-0.39, 0.29) is 5.91 Å². The fraction of sp³-hybridized carbons (Fsp3) is 0.500. The van der Waals surface area contributed by atoms with E-state index in [1.165, 1.54) is 0 Å². The Bertz CT molecular complexity index is 529. The summed E-state index contributed by atoms with van der Waals surface area (Å²) in [6.45, 7) is 7.85. The lowest BCUT2D eigenvalue weighted by molar-refractivity contribution is 0.00578. The van der Waals surface area contributed by atoms with Crippen LogP contribution < -0.4 is 10.8 Å². The second-order valence-corrected chi connectivity index (χ2v) is 6.28. The van der Waals surface area contributed by atoms with Crippen LogP contribution in [0.5, 0.6) is 0 Å². The number of rotatable bonds is 2. The summed E-state index contributed by atoms with van der Waals surface area (Å²) >= 11 is 6.26. The number of hydrogen-bond donors (Lipinski definition) is 1. The fourth-order valence-electron chi connectivity index (χ4n) is 2.07. The Kier molecular flexibility index (Phi) is 3.89. The van der Waals surface area contributed by atoms with Crippen molar-refractivity contribution in [3.8, 4) is 0 Å². The molecule has 2 rings (SSSR count). The maximum absolute atomic E-state index is 12.0. The summed E-state index contributed by atoms with van der Waals surface area (Å²) in [6, 6.07) is 5.18.